The Morgan fingerprint density at radius 2 is 2.00 bits per heavy atom. The number of thioether (sulfide) groups is 1. The molecule has 0 heterocycles. The molecule has 1 atom stereocenters. The second-order valence-electron chi connectivity index (χ2n) is 5.56. The Hall–Kier alpha value is -1.00. The maximum absolute atomic E-state index is 11.4. The highest BCUT2D eigenvalue weighted by Crippen LogP contribution is 2.18. The first-order valence-electron chi connectivity index (χ1n) is 7.68. The minimum absolute atomic E-state index is 0.689. The summed E-state index contributed by atoms with van der Waals surface area (Å²) >= 11 is 1.92. The fourth-order valence-corrected chi connectivity index (χ4v) is 3.10. The molecule has 0 spiro atoms. The monoisotopic (exact) mass is 309 g/mol. The van der Waals surface area contributed by atoms with Crippen LogP contribution < -0.4 is 5.32 Å². The molecule has 1 aromatic rings. The van der Waals surface area contributed by atoms with Crippen molar-refractivity contribution >= 4 is 17.7 Å². The number of rotatable bonds is 11. The first-order valence-corrected chi connectivity index (χ1v) is 8.84. The Morgan fingerprint density at radius 3 is 2.62 bits per heavy atom. The van der Waals surface area contributed by atoms with Gasteiger partial charge in [-0.25, -0.2) is 0 Å². The Balaban J connectivity index is 2.18. The van der Waals surface area contributed by atoms with Gasteiger partial charge in [0, 0.05) is 5.75 Å². The van der Waals surface area contributed by atoms with Gasteiger partial charge >= 0.3 is 5.97 Å². The number of carboxylic acids is 1. The van der Waals surface area contributed by atoms with Crippen LogP contribution in [-0.2, 0) is 10.5 Å². The van der Waals surface area contributed by atoms with Crippen molar-refractivity contribution in [2.24, 2.45) is 0 Å². The van der Waals surface area contributed by atoms with E-state index in [9.17, 15) is 9.90 Å². The zero-order chi connectivity index (χ0) is 15.6. The van der Waals surface area contributed by atoms with Crippen LogP contribution in [0.15, 0.2) is 30.3 Å². The van der Waals surface area contributed by atoms with Crippen LogP contribution in [0.5, 0.6) is 0 Å². The fourth-order valence-electron chi connectivity index (χ4n) is 2.12. The summed E-state index contributed by atoms with van der Waals surface area (Å²) in [5.41, 5.74) is 0.572. The number of benzene rings is 1. The lowest BCUT2D eigenvalue weighted by molar-refractivity contribution is -0.144. The van der Waals surface area contributed by atoms with Gasteiger partial charge in [-0.2, -0.15) is 11.8 Å². The first-order chi connectivity index (χ1) is 10.1. The lowest BCUT2D eigenvalue weighted by Gasteiger charge is -2.26. The molecule has 4 heteroatoms. The number of carbonyl (C=O) groups is 1. The normalized spacial score (nSPS) is 13.8. The van der Waals surface area contributed by atoms with Crippen molar-refractivity contribution in [3.8, 4) is 0 Å². The largest absolute Gasteiger partial charge is 0.480 e. The third kappa shape index (κ3) is 7.00. The maximum atomic E-state index is 11.4. The Labute approximate surface area is 132 Å². The molecule has 0 saturated carbocycles. The summed E-state index contributed by atoms with van der Waals surface area (Å²) in [5.74, 6) is 1.37. The number of nitrogens with one attached hydrogen (secondary N) is 1. The molecule has 3 nitrogen and oxygen atoms in total. The molecule has 1 rings (SSSR count). The van der Waals surface area contributed by atoms with Gasteiger partial charge in [0.05, 0.1) is 0 Å². The second-order valence-corrected chi connectivity index (χ2v) is 6.66. The Morgan fingerprint density at radius 1 is 1.29 bits per heavy atom. The van der Waals surface area contributed by atoms with Crippen LogP contribution in [-0.4, -0.2) is 28.9 Å². The highest BCUT2D eigenvalue weighted by molar-refractivity contribution is 7.98. The summed E-state index contributed by atoms with van der Waals surface area (Å²) in [4.78, 5) is 11.4. The molecular weight excluding hydrogens is 282 g/mol. The summed E-state index contributed by atoms with van der Waals surface area (Å²) in [5, 5.41) is 12.5. The van der Waals surface area contributed by atoms with Gasteiger partial charge in [-0.15, -0.1) is 0 Å². The number of hydrogen-bond acceptors (Lipinski definition) is 3. The Bertz CT molecular complexity index is 411. The number of unbranched alkanes of at least 4 members (excludes halogenated alkanes) is 1. The van der Waals surface area contributed by atoms with Crippen LogP contribution in [0.1, 0.15) is 45.1 Å². The van der Waals surface area contributed by atoms with Gasteiger partial charge in [-0.3, -0.25) is 4.79 Å². The molecule has 1 unspecified atom stereocenters. The van der Waals surface area contributed by atoms with E-state index in [0.717, 1.165) is 37.3 Å². The number of hydrogen-bond donors (Lipinski definition) is 2. The van der Waals surface area contributed by atoms with Crippen molar-refractivity contribution in [3.63, 3.8) is 0 Å². The summed E-state index contributed by atoms with van der Waals surface area (Å²) in [6.45, 7) is 4.60. The maximum Gasteiger partial charge on any atom is 0.323 e. The van der Waals surface area contributed by atoms with E-state index in [1.165, 1.54) is 5.56 Å². The van der Waals surface area contributed by atoms with Crippen molar-refractivity contribution in [3.05, 3.63) is 35.9 Å². The fraction of sp³-hybridized carbons (Fsp3) is 0.588. The molecule has 0 bridgehead atoms. The van der Waals surface area contributed by atoms with Crippen LogP contribution in [0, 0.1) is 0 Å². The second kappa shape index (κ2) is 9.85. The van der Waals surface area contributed by atoms with Crippen LogP contribution in [0.3, 0.4) is 0 Å². The van der Waals surface area contributed by atoms with E-state index in [-0.39, 0.29) is 0 Å². The van der Waals surface area contributed by atoms with E-state index < -0.39 is 11.5 Å². The molecule has 0 aliphatic heterocycles. The quantitative estimate of drug-likeness (QED) is 0.608. The molecule has 118 valence electrons. The average Bonchev–Trinajstić information content (AvgIpc) is 2.49. The van der Waals surface area contributed by atoms with Crippen molar-refractivity contribution in [1.82, 2.24) is 5.32 Å². The smallest absolute Gasteiger partial charge is 0.323 e. The third-order valence-electron chi connectivity index (χ3n) is 3.56. The van der Waals surface area contributed by atoms with Gasteiger partial charge in [0.1, 0.15) is 5.54 Å². The molecule has 2 N–H and O–H groups in total. The first kappa shape index (κ1) is 18.1. The van der Waals surface area contributed by atoms with E-state index in [4.69, 9.17) is 0 Å². The zero-order valence-electron chi connectivity index (χ0n) is 13.1. The molecule has 0 aromatic heterocycles. The molecule has 1 aromatic carbocycles. The van der Waals surface area contributed by atoms with E-state index in [1.807, 2.05) is 17.8 Å². The van der Waals surface area contributed by atoms with Gasteiger partial charge in [0.25, 0.3) is 0 Å². The van der Waals surface area contributed by atoms with Crippen LogP contribution in [0.25, 0.3) is 0 Å². The summed E-state index contributed by atoms with van der Waals surface area (Å²) in [6.07, 6.45) is 3.65. The molecular formula is C17H27NO2S. The van der Waals surface area contributed by atoms with Gasteiger partial charge < -0.3 is 10.4 Å². The summed E-state index contributed by atoms with van der Waals surface area (Å²) in [6, 6.07) is 10.4. The van der Waals surface area contributed by atoms with Gasteiger partial charge in [0.15, 0.2) is 0 Å². The highest BCUT2D eigenvalue weighted by atomic mass is 32.2. The summed E-state index contributed by atoms with van der Waals surface area (Å²) in [7, 11) is 0. The highest BCUT2D eigenvalue weighted by Gasteiger charge is 2.31. The topological polar surface area (TPSA) is 49.3 Å². The van der Waals surface area contributed by atoms with Crippen molar-refractivity contribution in [1.29, 1.82) is 0 Å². The molecule has 0 aliphatic carbocycles. The average molecular weight is 309 g/mol. The molecule has 0 saturated heterocycles. The lowest BCUT2D eigenvalue weighted by atomic mass is 9.95. The SMILES string of the molecule is CCCNC(C)(CCCCSCc1ccccc1)C(=O)O. The third-order valence-corrected chi connectivity index (χ3v) is 4.68. The van der Waals surface area contributed by atoms with Gasteiger partial charge in [-0.1, -0.05) is 43.7 Å². The zero-order valence-corrected chi connectivity index (χ0v) is 13.9. The van der Waals surface area contributed by atoms with Gasteiger partial charge in [0.2, 0.25) is 0 Å². The predicted octanol–water partition coefficient (Wildman–Crippen LogP) is 3.93. The van der Waals surface area contributed by atoms with Gasteiger partial charge in [-0.05, 0) is 44.0 Å². The van der Waals surface area contributed by atoms with Crippen molar-refractivity contribution in [2.75, 3.05) is 12.3 Å². The number of carboxylic acid groups (broad SMARTS) is 1. The number of aliphatic carboxylic acids is 1. The molecule has 21 heavy (non-hydrogen) atoms. The van der Waals surface area contributed by atoms with Crippen LogP contribution in [0.2, 0.25) is 0 Å². The standard InChI is InChI=1S/C17H27NO2S/c1-3-12-18-17(2,16(19)20)11-7-8-13-21-14-15-9-5-4-6-10-15/h4-6,9-10,18H,3,7-8,11-14H2,1-2H3,(H,19,20). The molecule has 0 aliphatic rings. The van der Waals surface area contributed by atoms with Crippen LogP contribution in [0.4, 0.5) is 0 Å². The molecule has 0 radical (unpaired) electrons. The van der Waals surface area contributed by atoms with Crippen molar-refractivity contribution in [2.45, 2.75) is 50.8 Å². The van der Waals surface area contributed by atoms with E-state index in [1.54, 1.807) is 6.92 Å². The summed E-state index contributed by atoms with van der Waals surface area (Å²) < 4.78 is 0. The minimum atomic E-state index is -0.778. The predicted molar refractivity (Wildman–Crippen MR) is 90.8 cm³/mol. The van der Waals surface area contributed by atoms with Crippen LogP contribution >= 0.6 is 11.8 Å². The lowest BCUT2D eigenvalue weighted by Crippen LogP contribution is -2.49. The van der Waals surface area contributed by atoms with E-state index in [0.29, 0.717) is 6.42 Å². The van der Waals surface area contributed by atoms with Crippen molar-refractivity contribution < 1.29 is 9.90 Å². The minimum Gasteiger partial charge on any atom is -0.480 e. The molecule has 0 amide bonds. The molecule has 0 fully saturated rings. The Kier molecular flexibility index (Phi) is 8.47. The van der Waals surface area contributed by atoms with E-state index >= 15 is 0 Å². The van der Waals surface area contributed by atoms with E-state index in [2.05, 4.69) is 36.5 Å².